The summed E-state index contributed by atoms with van der Waals surface area (Å²) in [6.45, 7) is 4.21. The summed E-state index contributed by atoms with van der Waals surface area (Å²) < 4.78 is 5.48. The zero-order chi connectivity index (χ0) is 14.7. The minimum atomic E-state index is 0.474. The topological polar surface area (TPSA) is 55.3 Å². The number of pyridine rings is 1. The lowest BCUT2D eigenvalue weighted by molar-refractivity contribution is 0.503. The molecule has 0 unspecified atom stereocenters. The van der Waals surface area contributed by atoms with Crippen LogP contribution in [-0.4, -0.2) is 11.5 Å². The van der Waals surface area contributed by atoms with E-state index in [2.05, 4.69) is 22.9 Å². The van der Waals surface area contributed by atoms with Crippen molar-refractivity contribution in [3.05, 3.63) is 60.2 Å². The van der Waals surface area contributed by atoms with E-state index in [4.69, 9.17) is 10.2 Å². The Hall–Kier alpha value is -2.33. The highest BCUT2D eigenvalue weighted by Gasteiger charge is 2.15. The smallest absolute Gasteiger partial charge is 0.123 e. The van der Waals surface area contributed by atoms with Gasteiger partial charge in [-0.3, -0.25) is 4.98 Å². The molecule has 2 aromatic heterocycles. The molecule has 108 valence electrons. The number of nitrogens with two attached hydrogens (primary N) is 1. The summed E-state index contributed by atoms with van der Waals surface area (Å²) in [6.07, 6.45) is 3.58. The molecule has 2 N–H and O–H groups in total. The number of nitrogens with zero attached hydrogens (tertiary/aromatic N) is 2. The molecular weight excluding hydrogens is 262 g/mol. The quantitative estimate of drug-likeness (QED) is 0.779. The van der Waals surface area contributed by atoms with E-state index < -0.39 is 0 Å². The number of benzene rings is 1. The SMILES string of the molecule is CCN(Cc1ccco1)c1c(CN)cnc2ccccc12. The summed E-state index contributed by atoms with van der Waals surface area (Å²) in [4.78, 5) is 6.78. The summed E-state index contributed by atoms with van der Waals surface area (Å²) in [6, 6.07) is 12.1. The van der Waals surface area contributed by atoms with Crippen LogP contribution < -0.4 is 10.6 Å². The molecule has 4 nitrogen and oxygen atoms in total. The van der Waals surface area contributed by atoms with E-state index in [1.807, 2.05) is 36.5 Å². The van der Waals surface area contributed by atoms with Gasteiger partial charge >= 0.3 is 0 Å². The molecule has 0 saturated heterocycles. The second-order valence-electron chi connectivity index (χ2n) is 4.95. The van der Waals surface area contributed by atoms with Crippen molar-refractivity contribution < 1.29 is 4.42 Å². The lowest BCUT2D eigenvalue weighted by Crippen LogP contribution is -2.24. The highest BCUT2D eigenvalue weighted by Crippen LogP contribution is 2.30. The van der Waals surface area contributed by atoms with E-state index in [1.54, 1.807) is 6.26 Å². The van der Waals surface area contributed by atoms with Gasteiger partial charge in [-0.2, -0.15) is 0 Å². The average Bonchev–Trinajstić information content (AvgIpc) is 3.04. The van der Waals surface area contributed by atoms with E-state index in [0.29, 0.717) is 6.54 Å². The van der Waals surface area contributed by atoms with Gasteiger partial charge in [-0.1, -0.05) is 18.2 Å². The van der Waals surface area contributed by atoms with Crippen LogP contribution in [0, 0.1) is 0 Å². The fraction of sp³-hybridized carbons (Fsp3) is 0.235. The Labute approximate surface area is 124 Å². The van der Waals surface area contributed by atoms with Crippen LogP contribution in [0.5, 0.6) is 0 Å². The minimum absolute atomic E-state index is 0.474. The summed E-state index contributed by atoms with van der Waals surface area (Å²) >= 11 is 0. The van der Waals surface area contributed by atoms with Crippen molar-refractivity contribution >= 4 is 16.6 Å². The molecule has 0 aliphatic rings. The largest absolute Gasteiger partial charge is 0.467 e. The molecule has 0 spiro atoms. The molecule has 3 aromatic rings. The van der Waals surface area contributed by atoms with Crippen molar-refractivity contribution in [2.45, 2.75) is 20.0 Å². The third-order valence-electron chi connectivity index (χ3n) is 3.67. The van der Waals surface area contributed by atoms with Gasteiger partial charge in [-0.05, 0) is 25.1 Å². The Morgan fingerprint density at radius 3 is 2.76 bits per heavy atom. The lowest BCUT2D eigenvalue weighted by atomic mass is 10.1. The first-order valence-electron chi connectivity index (χ1n) is 7.17. The first-order chi connectivity index (χ1) is 10.3. The Kier molecular flexibility index (Phi) is 3.88. The third kappa shape index (κ3) is 2.62. The van der Waals surface area contributed by atoms with Crippen molar-refractivity contribution in [3.63, 3.8) is 0 Å². The Bertz CT molecular complexity index is 722. The molecule has 0 aliphatic carbocycles. The van der Waals surface area contributed by atoms with E-state index in [0.717, 1.165) is 41.0 Å². The van der Waals surface area contributed by atoms with Gasteiger partial charge in [0.25, 0.3) is 0 Å². The zero-order valence-corrected chi connectivity index (χ0v) is 12.1. The summed E-state index contributed by atoms with van der Waals surface area (Å²) in [7, 11) is 0. The molecule has 2 heterocycles. The summed E-state index contributed by atoms with van der Waals surface area (Å²) in [5.74, 6) is 0.945. The number of furan rings is 1. The molecule has 0 saturated carbocycles. The fourth-order valence-electron chi connectivity index (χ4n) is 2.63. The molecule has 0 bridgehead atoms. The van der Waals surface area contributed by atoms with Crippen LogP contribution in [0.15, 0.2) is 53.3 Å². The van der Waals surface area contributed by atoms with E-state index in [1.165, 1.54) is 0 Å². The number of aromatic nitrogens is 1. The van der Waals surface area contributed by atoms with Crippen molar-refractivity contribution in [1.29, 1.82) is 0 Å². The lowest BCUT2D eigenvalue weighted by Gasteiger charge is -2.26. The fourth-order valence-corrected chi connectivity index (χ4v) is 2.63. The van der Waals surface area contributed by atoms with Crippen LogP contribution in [0.4, 0.5) is 5.69 Å². The third-order valence-corrected chi connectivity index (χ3v) is 3.67. The highest BCUT2D eigenvalue weighted by molar-refractivity contribution is 5.93. The van der Waals surface area contributed by atoms with Gasteiger partial charge in [0.05, 0.1) is 24.0 Å². The number of fused-ring (bicyclic) bond motifs is 1. The van der Waals surface area contributed by atoms with Crippen LogP contribution in [0.3, 0.4) is 0 Å². The molecule has 0 atom stereocenters. The number of hydrogen-bond acceptors (Lipinski definition) is 4. The Morgan fingerprint density at radius 1 is 1.19 bits per heavy atom. The van der Waals surface area contributed by atoms with Gasteiger partial charge in [0.2, 0.25) is 0 Å². The highest BCUT2D eigenvalue weighted by atomic mass is 16.3. The average molecular weight is 281 g/mol. The maximum atomic E-state index is 5.92. The van der Waals surface area contributed by atoms with Gasteiger partial charge < -0.3 is 15.1 Å². The zero-order valence-electron chi connectivity index (χ0n) is 12.1. The number of rotatable bonds is 5. The van der Waals surface area contributed by atoms with Crippen molar-refractivity contribution in [3.8, 4) is 0 Å². The monoisotopic (exact) mass is 281 g/mol. The van der Waals surface area contributed by atoms with E-state index in [-0.39, 0.29) is 0 Å². The molecular formula is C17H19N3O. The minimum Gasteiger partial charge on any atom is -0.467 e. The maximum absolute atomic E-state index is 5.92. The van der Waals surface area contributed by atoms with Crippen molar-refractivity contribution in [2.75, 3.05) is 11.4 Å². The number of para-hydroxylation sites is 1. The maximum Gasteiger partial charge on any atom is 0.123 e. The molecule has 0 amide bonds. The van der Waals surface area contributed by atoms with Crippen LogP contribution in [0.25, 0.3) is 10.9 Å². The van der Waals surface area contributed by atoms with Gasteiger partial charge in [0, 0.05) is 30.2 Å². The van der Waals surface area contributed by atoms with E-state index in [9.17, 15) is 0 Å². The van der Waals surface area contributed by atoms with Crippen LogP contribution in [0.1, 0.15) is 18.2 Å². The normalized spacial score (nSPS) is 11.0. The molecule has 21 heavy (non-hydrogen) atoms. The molecule has 1 aromatic carbocycles. The number of anilines is 1. The van der Waals surface area contributed by atoms with Gasteiger partial charge in [0.15, 0.2) is 0 Å². The van der Waals surface area contributed by atoms with Gasteiger partial charge in [-0.15, -0.1) is 0 Å². The standard InChI is InChI=1S/C17H19N3O/c1-2-20(12-14-6-5-9-21-14)17-13(10-18)11-19-16-8-4-3-7-15(16)17/h3-9,11H,2,10,12,18H2,1H3. The van der Waals surface area contributed by atoms with Crippen molar-refractivity contribution in [1.82, 2.24) is 4.98 Å². The first-order valence-corrected chi connectivity index (χ1v) is 7.17. The number of hydrogen-bond donors (Lipinski definition) is 1. The Balaban J connectivity index is 2.11. The van der Waals surface area contributed by atoms with Crippen LogP contribution in [-0.2, 0) is 13.1 Å². The second kappa shape index (κ2) is 5.97. The van der Waals surface area contributed by atoms with Gasteiger partial charge in [0.1, 0.15) is 5.76 Å². The molecule has 0 fully saturated rings. The summed E-state index contributed by atoms with van der Waals surface area (Å²) in [5.41, 5.74) is 9.12. The van der Waals surface area contributed by atoms with Gasteiger partial charge in [-0.25, -0.2) is 0 Å². The molecule has 0 aliphatic heterocycles. The van der Waals surface area contributed by atoms with Crippen molar-refractivity contribution in [2.24, 2.45) is 5.73 Å². The predicted molar refractivity (Wildman–Crippen MR) is 85.1 cm³/mol. The Morgan fingerprint density at radius 2 is 2.05 bits per heavy atom. The van der Waals surface area contributed by atoms with Crippen LogP contribution >= 0.6 is 0 Å². The second-order valence-corrected chi connectivity index (χ2v) is 4.95. The molecule has 0 radical (unpaired) electrons. The molecule has 4 heteroatoms. The van der Waals surface area contributed by atoms with Crippen LogP contribution in [0.2, 0.25) is 0 Å². The predicted octanol–water partition coefficient (Wildman–Crippen LogP) is 3.31. The molecule has 3 rings (SSSR count). The summed E-state index contributed by atoms with van der Waals surface area (Å²) in [5, 5.41) is 1.13. The first kappa shape index (κ1) is 13.6. The van der Waals surface area contributed by atoms with E-state index >= 15 is 0 Å².